The van der Waals surface area contributed by atoms with E-state index < -0.39 is 5.41 Å². The fraction of sp³-hybridized carbons (Fsp3) is 0.750. The summed E-state index contributed by atoms with van der Waals surface area (Å²) >= 11 is 5.06. The Balaban J connectivity index is 2.71. The van der Waals surface area contributed by atoms with Crippen molar-refractivity contribution in [1.29, 1.82) is 0 Å². The van der Waals surface area contributed by atoms with Gasteiger partial charge in [0.1, 0.15) is 5.41 Å². The maximum absolute atomic E-state index is 12.5. The number of esters is 1. The molecular weight excluding hydrogens is 268 g/mol. The van der Waals surface area contributed by atoms with E-state index in [2.05, 4.69) is 4.74 Å². The van der Waals surface area contributed by atoms with Crippen LogP contribution in [-0.2, 0) is 19.1 Å². The zero-order valence-electron chi connectivity index (χ0n) is 11.3. The number of nitrogens with two attached hydrogens (primary N) is 1. The number of carbonyl (C=O) groups is 2. The van der Waals surface area contributed by atoms with Crippen molar-refractivity contribution in [3.63, 3.8) is 0 Å². The van der Waals surface area contributed by atoms with Gasteiger partial charge in [-0.25, -0.2) is 0 Å². The summed E-state index contributed by atoms with van der Waals surface area (Å²) in [6, 6.07) is 0. The van der Waals surface area contributed by atoms with Crippen LogP contribution in [0.3, 0.4) is 0 Å². The van der Waals surface area contributed by atoms with E-state index in [1.165, 1.54) is 12.0 Å². The molecule has 1 rings (SSSR count). The molecular formula is C12H20N2O4S. The van der Waals surface area contributed by atoms with Gasteiger partial charge in [-0.1, -0.05) is 12.2 Å². The van der Waals surface area contributed by atoms with E-state index in [9.17, 15) is 9.59 Å². The molecule has 1 amide bonds. The van der Waals surface area contributed by atoms with Crippen molar-refractivity contribution < 1.29 is 19.1 Å². The van der Waals surface area contributed by atoms with Crippen LogP contribution in [0.1, 0.15) is 19.3 Å². The molecule has 0 saturated carbocycles. The molecule has 0 atom stereocenters. The lowest BCUT2D eigenvalue weighted by atomic mass is 9.78. The maximum Gasteiger partial charge on any atom is 0.307 e. The van der Waals surface area contributed by atoms with Crippen LogP contribution in [0.2, 0.25) is 0 Å². The Morgan fingerprint density at radius 2 is 2.00 bits per heavy atom. The van der Waals surface area contributed by atoms with E-state index in [0.29, 0.717) is 26.1 Å². The van der Waals surface area contributed by atoms with Gasteiger partial charge in [0.05, 0.1) is 18.5 Å². The predicted octanol–water partition coefficient (Wildman–Crippen LogP) is 0.0908. The Kier molecular flexibility index (Phi) is 5.68. The molecule has 108 valence electrons. The van der Waals surface area contributed by atoms with Gasteiger partial charge in [0.25, 0.3) is 0 Å². The van der Waals surface area contributed by atoms with E-state index in [-0.39, 0.29) is 29.8 Å². The fourth-order valence-electron chi connectivity index (χ4n) is 2.11. The highest BCUT2D eigenvalue weighted by Gasteiger charge is 2.44. The van der Waals surface area contributed by atoms with Gasteiger partial charge in [-0.05, 0) is 12.8 Å². The molecule has 7 heteroatoms. The monoisotopic (exact) mass is 288 g/mol. The fourth-order valence-corrected chi connectivity index (χ4v) is 2.40. The van der Waals surface area contributed by atoms with Crippen molar-refractivity contribution in [2.75, 3.05) is 33.9 Å². The Bertz CT molecular complexity index is 367. The van der Waals surface area contributed by atoms with Gasteiger partial charge < -0.3 is 20.1 Å². The first-order valence-electron chi connectivity index (χ1n) is 6.14. The molecule has 19 heavy (non-hydrogen) atoms. The number of thiocarbonyl (C=S) groups is 1. The molecule has 2 N–H and O–H groups in total. The second-order valence-electron chi connectivity index (χ2n) is 4.61. The predicted molar refractivity (Wildman–Crippen MR) is 73.5 cm³/mol. The third-order valence-corrected chi connectivity index (χ3v) is 3.84. The molecule has 6 nitrogen and oxygen atoms in total. The zero-order valence-corrected chi connectivity index (χ0v) is 12.1. The van der Waals surface area contributed by atoms with Crippen LogP contribution in [-0.4, -0.2) is 55.7 Å². The van der Waals surface area contributed by atoms with Gasteiger partial charge in [-0.2, -0.15) is 0 Å². The lowest BCUT2D eigenvalue weighted by Gasteiger charge is -2.37. The van der Waals surface area contributed by atoms with Crippen molar-refractivity contribution in [1.82, 2.24) is 4.90 Å². The van der Waals surface area contributed by atoms with E-state index >= 15 is 0 Å². The summed E-state index contributed by atoms with van der Waals surface area (Å²) < 4.78 is 9.81. The average molecular weight is 288 g/mol. The first kappa shape index (κ1) is 15.8. The Hall–Kier alpha value is -1.21. The maximum atomic E-state index is 12.5. The molecule has 1 fully saturated rings. The van der Waals surface area contributed by atoms with E-state index in [0.717, 1.165) is 0 Å². The molecule has 0 aromatic carbocycles. The van der Waals surface area contributed by atoms with Crippen LogP contribution in [0.5, 0.6) is 0 Å². The van der Waals surface area contributed by atoms with Crippen molar-refractivity contribution in [3.05, 3.63) is 0 Å². The van der Waals surface area contributed by atoms with Crippen LogP contribution in [0, 0.1) is 5.41 Å². The van der Waals surface area contributed by atoms with Gasteiger partial charge in [0.15, 0.2) is 0 Å². The lowest BCUT2D eigenvalue weighted by Crippen LogP contribution is -2.52. The molecule has 0 aromatic heterocycles. The molecule has 0 aromatic rings. The van der Waals surface area contributed by atoms with Crippen LogP contribution in [0.15, 0.2) is 0 Å². The summed E-state index contributed by atoms with van der Waals surface area (Å²) in [6.45, 7) is 1.22. The summed E-state index contributed by atoms with van der Waals surface area (Å²) in [6.07, 6.45) is 1.14. The highest BCUT2D eigenvalue weighted by Crippen LogP contribution is 2.33. The number of rotatable bonds is 5. The molecule has 0 unspecified atom stereocenters. The summed E-state index contributed by atoms with van der Waals surface area (Å²) in [5.41, 5.74) is 4.92. The minimum Gasteiger partial charge on any atom is -0.469 e. The largest absolute Gasteiger partial charge is 0.469 e. The first-order valence-corrected chi connectivity index (χ1v) is 6.55. The Morgan fingerprint density at radius 3 is 2.47 bits per heavy atom. The number of amides is 1. The second-order valence-corrected chi connectivity index (χ2v) is 5.05. The quantitative estimate of drug-likeness (QED) is 0.570. The third kappa shape index (κ3) is 3.63. The number of nitrogens with zero attached hydrogens (tertiary/aromatic N) is 1. The molecule has 1 aliphatic rings. The van der Waals surface area contributed by atoms with Crippen LogP contribution in [0.25, 0.3) is 0 Å². The second kappa shape index (κ2) is 6.81. The SMILES string of the molecule is COC(=O)CCN(C)C(=O)C1(C(N)=S)CCOCC1. The molecule has 1 heterocycles. The zero-order chi connectivity index (χ0) is 14.5. The van der Waals surface area contributed by atoms with Crippen molar-refractivity contribution in [3.8, 4) is 0 Å². The molecule has 0 aliphatic carbocycles. The number of carbonyl (C=O) groups excluding carboxylic acids is 2. The number of ether oxygens (including phenoxy) is 2. The standard InChI is InChI=1S/C12H20N2O4S/c1-14(6-3-9(15)17-2)11(16)12(10(13)19)4-7-18-8-5-12/h3-8H2,1-2H3,(H2,13,19). The topological polar surface area (TPSA) is 81.9 Å². The summed E-state index contributed by atoms with van der Waals surface area (Å²) in [5.74, 6) is -0.497. The highest BCUT2D eigenvalue weighted by atomic mass is 32.1. The lowest BCUT2D eigenvalue weighted by molar-refractivity contribution is -0.144. The van der Waals surface area contributed by atoms with Crippen LogP contribution >= 0.6 is 12.2 Å². The van der Waals surface area contributed by atoms with Gasteiger partial charge in [0, 0.05) is 26.8 Å². The summed E-state index contributed by atoms with van der Waals surface area (Å²) in [4.78, 5) is 25.3. The molecule has 0 spiro atoms. The molecule has 1 aliphatic heterocycles. The summed E-state index contributed by atoms with van der Waals surface area (Å²) in [7, 11) is 2.96. The van der Waals surface area contributed by atoms with Gasteiger partial charge >= 0.3 is 5.97 Å². The smallest absolute Gasteiger partial charge is 0.307 e. The van der Waals surface area contributed by atoms with Crippen LogP contribution < -0.4 is 5.73 Å². The van der Waals surface area contributed by atoms with Gasteiger partial charge in [-0.15, -0.1) is 0 Å². The number of methoxy groups -OCH3 is 1. The minimum absolute atomic E-state index is 0.146. The molecule has 1 saturated heterocycles. The van der Waals surface area contributed by atoms with Gasteiger partial charge in [0.2, 0.25) is 5.91 Å². The van der Waals surface area contributed by atoms with Crippen molar-refractivity contribution in [2.24, 2.45) is 11.1 Å². The van der Waals surface area contributed by atoms with Gasteiger partial charge in [-0.3, -0.25) is 9.59 Å². The third-order valence-electron chi connectivity index (χ3n) is 3.45. The Labute approximate surface area is 118 Å². The van der Waals surface area contributed by atoms with Crippen molar-refractivity contribution in [2.45, 2.75) is 19.3 Å². The first-order chi connectivity index (χ1) is 8.94. The highest BCUT2D eigenvalue weighted by molar-refractivity contribution is 7.80. The van der Waals surface area contributed by atoms with E-state index in [1.54, 1.807) is 7.05 Å². The molecule has 0 bridgehead atoms. The van der Waals surface area contributed by atoms with E-state index in [4.69, 9.17) is 22.7 Å². The van der Waals surface area contributed by atoms with Crippen molar-refractivity contribution >= 4 is 29.1 Å². The normalized spacial score (nSPS) is 17.6. The minimum atomic E-state index is -0.835. The van der Waals surface area contributed by atoms with E-state index in [1.807, 2.05) is 0 Å². The molecule has 0 radical (unpaired) electrons. The number of hydrogen-bond donors (Lipinski definition) is 1. The average Bonchev–Trinajstić information content (AvgIpc) is 2.43. The Morgan fingerprint density at radius 1 is 1.42 bits per heavy atom. The number of hydrogen-bond acceptors (Lipinski definition) is 5. The summed E-state index contributed by atoms with van der Waals surface area (Å²) in [5, 5.41) is 0. The van der Waals surface area contributed by atoms with Crippen LogP contribution in [0.4, 0.5) is 0 Å².